The van der Waals surface area contributed by atoms with Gasteiger partial charge in [-0.2, -0.15) is 0 Å². The summed E-state index contributed by atoms with van der Waals surface area (Å²) in [6.45, 7) is 2.16. The highest BCUT2D eigenvalue weighted by Crippen LogP contribution is 2.26. The van der Waals surface area contributed by atoms with Gasteiger partial charge in [0.15, 0.2) is 0 Å². The molecular formula is C14H19ClN2O2. The van der Waals surface area contributed by atoms with Crippen molar-refractivity contribution in [2.24, 2.45) is 5.92 Å². The number of carbonyl (C=O) groups excluding carboxylic acids is 1. The van der Waals surface area contributed by atoms with Gasteiger partial charge in [0.2, 0.25) is 5.91 Å². The van der Waals surface area contributed by atoms with Crippen LogP contribution in [0.1, 0.15) is 18.4 Å². The molecule has 1 aliphatic heterocycles. The van der Waals surface area contributed by atoms with Gasteiger partial charge in [0.25, 0.3) is 0 Å². The average molecular weight is 283 g/mol. The summed E-state index contributed by atoms with van der Waals surface area (Å²) in [6.07, 6.45) is 1.99. The highest BCUT2D eigenvalue weighted by Gasteiger charge is 2.21. The highest BCUT2D eigenvalue weighted by atomic mass is 35.5. The van der Waals surface area contributed by atoms with Crippen molar-refractivity contribution in [1.82, 2.24) is 10.6 Å². The number of ether oxygens (including phenoxy) is 1. The van der Waals surface area contributed by atoms with Gasteiger partial charge in [-0.15, -0.1) is 0 Å². The zero-order valence-corrected chi connectivity index (χ0v) is 11.8. The molecule has 19 heavy (non-hydrogen) atoms. The Balaban J connectivity index is 1.96. The number of rotatable bonds is 4. The molecule has 0 bridgehead atoms. The maximum Gasteiger partial charge on any atom is 0.224 e. The van der Waals surface area contributed by atoms with Gasteiger partial charge in [-0.25, -0.2) is 0 Å². The summed E-state index contributed by atoms with van der Waals surface area (Å²) < 4.78 is 5.26. The highest BCUT2D eigenvalue weighted by molar-refractivity contribution is 6.31. The third-order valence-electron chi connectivity index (χ3n) is 3.40. The summed E-state index contributed by atoms with van der Waals surface area (Å²) in [7, 11) is 1.60. The molecule has 1 aromatic rings. The molecule has 0 spiro atoms. The van der Waals surface area contributed by atoms with E-state index in [1.54, 1.807) is 13.2 Å². The Morgan fingerprint density at radius 2 is 2.42 bits per heavy atom. The number of amides is 1. The second-order valence-electron chi connectivity index (χ2n) is 4.68. The van der Waals surface area contributed by atoms with Crippen LogP contribution in [0.3, 0.4) is 0 Å². The van der Waals surface area contributed by atoms with Gasteiger partial charge >= 0.3 is 0 Å². The van der Waals surface area contributed by atoms with E-state index in [4.69, 9.17) is 16.3 Å². The lowest BCUT2D eigenvalue weighted by Gasteiger charge is -2.22. The minimum absolute atomic E-state index is 0.0576. The molecule has 1 aromatic carbocycles. The predicted molar refractivity (Wildman–Crippen MR) is 75.4 cm³/mol. The van der Waals surface area contributed by atoms with E-state index in [0.717, 1.165) is 31.5 Å². The minimum Gasteiger partial charge on any atom is -0.496 e. The lowest BCUT2D eigenvalue weighted by molar-refractivity contribution is -0.125. The molecule has 0 unspecified atom stereocenters. The fourth-order valence-corrected chi connectivity index (χ4v) is 2.53. The molecule has 0 aromatic heterocycles. The van der Waals surface area contributed by atoms with Gasteiger partial charge in [0, 0.05) is 23.7 Å². The molecule has 1 saturated heterocycles. The van der Waals surface area contributed by atoms with Crippen molar-refractivity contribution in [2.45, 2.75) is 19.4 Å². The molecule has 2 rings (SSSR count). The van der Waals surface area contributed by atoms with Crippen molar-refractivity contribution in [3.8, 4) is 5.75 Å². The Hall–Kier alpha value is -1.26. The summed E-state index contributed by atoms with van der Waals surface area (Å²) in [5.74, 6) is 0.839. The first-order valence-electron chi connectivity index (χ1n) is 6.52. The number of piperidine rings is 1. The summed E-state index contributed by atoms with van der Waals surface area (Å²) in [5, 5.41) is 6.79. The molecule has 0 saturated carbocycles. The SMILES string of the molecule is COc1cccc(Cl)c1CNC(=O)[C@H]1CCCNC1. The van der Waals surface area contributed by atoms with Gasteiger partial charge in [0.05, 0.1) is 13.0 Å². The maximum absolute atomic E-state index is 12.0. The topological polar surface area (TPSA) is 50.4 Å². The largest absolute Gasteiger partial charge is 0.496 e. The number of halogens is 1. The van der Waals surface area contributed by atoms with Gasteiger partial charge in [-0.1, -0.05) is 17.7 Å². The van der Waals surface area contributed by atoms with E-state index in [1.807, 2.05) is 12.1 Å². The van der Waals surface area contributed by atoms with E-state index in [2.05, 4.69) is 10.6 Å². The Morgan fingerprint density at radius 1 is 1.58 bits per heavy atom. The number of hydrogen-bond donors (Lipinski definition) is 2. The molecule has 5 heteroatoms. The van der Waals surface area contributed by atoms with Crippen LogP contribution in [-0.2, 0) is 11.3 Å². The van der Waals surface area contributed by atoms with Crippen molar-refractivity contribution < 1.29 is 9.53 Å². The fraction of sp³-hybridized carbons (Fsp3) is 0.500. The van der Waals surface area contributed by atoms with Crippen LogP contribution in [-0.4, -0.2) is 26.1 Å². The van der Waals surface area contributed by atoms with Crippen LogP contribution in [0.5, 0.6) is 5.75 Å². The fourth-order valence-electron chi connectivity index (χ4n) is 2.30. The quantitative estimate of drug-likeness (QED) is 0.888. The average Bonchev–Trinajstić information content (AvgIpc) is 2.46. The first kappa shape index (κ1) is 14.2. The number of methoxy groups -OCH3 is 1. The first-order valence-corrected chi connectivity index (χ1v) is 6.90. The van der Waals surface area contributed by atoms with Gasteiger partial charge in [-0.3, -0.25) is 4.79 Å². The molecule has 1 amide bonds. The minimum atomic E-state index is 0.0576. The number of carbonyl (C=O) groups is 1. The van der Waals surface area contributed by atoms with E-state index >= 15 is 0 Å². The third-order valence-corrected chi connectivity index (χ3v) is 3.76. The van der Waals surface area contributed by atoms with Crippen LogP contribution in [0, 0.1) is 5.92 Å². The summed E-state index contributed by atoms with van der Waals surface area (Å²) in [4.78, 5) is 12.0. The standard InChI is InChI=1S/C14H19ClN2O2/c1-19-13-6-2-5-12(15)11(13)9-17-14(18)10-4-3-7-16-8-10/h2,5-6,10,16H,3-4,7-9H2,1H3,(H,17,18)/t10-/m0/s1. The summed E-state index contributed by atoms with van der Waals surface area (Å²) in [5.41, 5.74) is 0.823. The molecule has 1 fully saturated rings. The van der Waals surface area contributed by atoms with Gasteiger partial charge in [-0.05, 0) is 31.5 Å². The van der Waals surface area contributed by atoms with E-state index < -0.39 is 0 Å². The molecular weight excluding hydrogens is 264 g/mol. The lowest BCUT2D eigenvalue weighted by Crippen LogP contribution is -2.40. The summed E-state index contributed by atoms with van der Waals surface area (Å²) >= 11 is 6.13. The van der Waals surface area contributed by atoms with Crippen LogP contribution in [0.4, 0.5) is 0 Å². The summed E-state index contributed by atoms with van der Waals surface area (Å²) in [6, 6.07) is 5.47. The van der Waals surface area contributed by atoms with Crippen molar-refractivity contribution >= 4 is 17.5 Å². The van der Waals surface area contributed by atoms with Crippen molar-refractivity contribution in [2.75, 3.05) is 20.2 Å². The van der Waals surface area contributed by atoms with Crippen LogP contribution in [0.15, 0.2) is 18.2 Å². The van der Waals surface area contributed by atoms with E-state index in [0.29, 0.717) is 17.3 Å². The molecule has 104 valence electrons. The van der Waals surface area contributed by atoms with Crippen LogP contribution < -0.4 is 15.4 Å². The second kappa shape index (κ2) is 6.78. The van der Waals surface area contributed by atoms with Crippen molar-refractivity contribution in [3.05, 3.63) is 28.8 Å². The van der Waals surface area contributed by atoms with Crippen molar-refractivity contribution in [1.29, 1.82) is 0 Å². The van der Waals surface area contributed by atoms with E-state index in [1.165, 1.54) is 0 Å². The Morgan fingerprint density at radius 3 is 3.11 bits per heavy atom. The Bertz CT molecular complexity index is 445. The Labute approximate surface area is 118 Å². The van der Waals surface area contributed by atoms with E-state index in [-0.39, 0.29) is 11.8 Å². The molecule has 0 aliphatic carbocycles. The third kappa shape index (κ3) is 3.61. The smallest absolute Gasteiger partial charge is 0.224 e. The first-order chi connectivity index (χ1) is 9.22. The number of nitrogens with one attached hydrogen (secondary N) is 2. The molecule has 4 nitrogen and oxygen atoms in total. The zero-order valence-electron chi connectivity index (χ0n) is 11.0. The number of hydrogen-bond acceptors (Lipinski definition) is 3. The Kier molecular flexibility index (Phi) is 5.05. The van der Waals surface area contributed by atoms with Crippen molar-refractivity contribution in [3.63, 3.8) is 0 Å². The zero-order chi connectivity index (χ0) is 13.7. The van der Waals surface area contributed by atoms with Crippen LogP contribution in [0.2, 0.25) is 5.02 Å². The molecule has 0 radical (unpaired) electrons. The van der Waals surface area contributed by atoms with Gasteiger partial charge < -0.3 is 15.4 Å². The van der Waals surface area contributed by atoms with Crippen LogP contribution >= 0.6 is 11.6 Å². The molecule has 1 heterocycles. The van der Waals surface area contributed by atoms with Gasteiger partial charge in [0.1, 0.15) is 5.75 Å². The maximum atomic E-state index is 12.0. The normalized spacial score (nSPS) is 18.9. The predicted octanol–water partition coefficient (Wildman–Crippen LogP) is 1.96. The molecule has 2 N–H and O–H groups in total. The second-order valence-corrected chi connectivity index (χ2v) is 5.09. The molecule has 1 atom stereocenters. The monoisotopic (exact) mass is 282 g/mol. The van der Waals surface area contributed by atoms with Crippen LogP contribution in [0.25, 0.3) is 0 Å². The number of benzene rings is 1. The molecule has 1 aliphatic rings. The van der Waals surface area contributed by atoms with E-state index in [9.17, 15) is 4.79 Å². The lowest BCUT2D eigenvalue weighted by atomic mass is 9.99.